The molecule has 0 unspecified atom stereocenters. The van der Waals surface area contributed by atoms with Gasteiger partial charge in [-0.15, -0.1) is 11.3 Å². The summed E-state index contributed by atoms with van der Waals surface area (Å²) in [5.41, 5.74) is 2.34. The predicted molar refractivity (Wildman–Crippen MR) is 98.3 cm³/mol. The van der Waals surface area contributed by atoms with Gasteiger partial charge in [0.2, 0.25) is 0 Å². The van der Waals surface area contributed by atoms with E-state index in [-0.39, 0.29) is 11.8 Å². The van der Waals surface area contributed by atoms with Crippen molar-refractivity contribution in [2.24, 2.45) is 0 Å². The Morgan fingerprint density at radius 2 is 1.79 bits per heavy atom. The SMILES string of the molecule is Cc1ccccc1NC(=O)c1sc(NC(=O)c2cccs2)nc1C. The standard InChI is InChI=1S/C17H15N3O2S2/c1-10-6-3-4-7-12(10)19-16(22)14-11(2)18-17(24-14)20-15(21)13-8-5-9-23-13/h3-9H,1-2H3,(H,19,22)(H,18,20,21). The van der Waals surface area contributed by atoms with Crippen molar-refractivity contribution in [3.8, 4) is 0 Å². The molecule has 0 saturated heterocycles. The lowest BCUT2D eigenvalue weighted by Crippen LogP contribution is -2.12. The maximum absolute atomic E-state index is 12.5. The third-order valence-electron chi connectivity index (χ3n) is 3.36. The van der Waals surface area contributed by atoms with E-state index in [1.807, 2.05) is 42.6 Å². The van der Waals surface area contributed by atoms with Crippen LogP contribution >= 0.6 is 22.7 Å². The molecule has 0 bridgehead atoms. The Hall–Kier alpha value is -2.51. The van der Waals surface area contributed by atoms with E-state index in [9.17, 15) is 9.59 Å². The molecule has 0 aliphatic carbocycles. The molecule has 2 amide bonds. The molecule has 3 aromatic rings. The summed E-state index contributed by atoms with van der Waals surface area (Å²) in [6.45, 7) is 3.69. The number of carbonyl (C=O) groups is 2. The van der Waals surface area contributed by atoms with E-state index in [0.717, 1.165) is 11.3 Å². The summed E-state index contributed by atoms with van der Waals surface area (Å²) in [5.74, 6) is -0.444. The highest BCUT2D eigenvalue weighted by Gasteiger charge is 2.18. The lowest BCUT2D eigenvalue weighted by molar-refractivity contribution is 0.102. The van der Waals surface area contributed by atoms with Crippen molar-refractivity contribution in [2.45, 2.75) is 13.8 Å². The van der Waals surface area contributed by atoms with Crippen molar-refractivity contribution in [1.82, 2.24) is 4.98 Å². The number of benzene rings is 1. The number of carbonyl (C=O) groups excluding carboxylic acids is 2. The van der Waals surface area contributed by atoms with Gasteiger partial charge in [-0.05, 0) is 36.9 Å². The number of thiazole rings is 1. The second-order valence-corrected chi connectivity index (χ2v) is 7.08. The lowest BCUT2D eigenvalue weighted by atomic mass is 10.2. The number of aryl methyl sites for hydroxylation is 2. The van der Waals surface area contributed by atoms with Gasteiger partial charge in [-0.3, -0.25) is 14.9 Å². The van der Waals surface area contributed by atoms with Gasteiger partial charge in [-0.1, -0.05) is 35.6 Å². The normalized spacial score (nSPS) is 10.4. The number of rotatable bonds is 4. The van der Waals surface area contributed by atoms with Gasteiger partial charge in [-0.2, -0.15) is 0 Å². The van der Waals surface area contributed by atoms with Crippen LogP contribution < -0.4 is 10.6 Å². The molecule has 0 atom stereocenters. The van der Waals surface area contributed by atoms with Gasteiger partial charge in [0.25, 0.3) is 11.8 Å². The van der Waals surface area contributed by atoms with Crippen LogP contribution in [-0.2, 0) is 0 Å². The molecule has 5 nitrogen and oxygen atoms in total. The third kappa shape index (κ3) is 3.52. The molecule has 0 aliphatic heterocycles. The Bertz CT molecular complexity index is 885. The number of hydrogen-bond acceptors (Lipinski definition) is 5. The minimum absolute atomic E-state index is 0.218. The molecule has 122 valence electrons. The summed E-state index contributed by atoms with van der Waals surface area (Å²) in [7, 11) is 0. The first-order chi connectivity index (χ1) is 11.5. The van der Waals surface area contributed by atoms with Gasteiger partial charge >= 0.3 is 0 Å². The maximum Gasteiger partial charge on any atom is 0.267 e. The topological polar surface area (TPSA) is 71.1 Å². The molecule has 1 aromatic carbocycles. The first kappa shape index (κ1) is 16.4. The number of para-hydroxylation sites is 1. The molecule has 0 fully saturated rings. The number of anilines is 2. The quantitative estimate of drug-likeness (QED) is 0.730. The molecule has 2 heterocycles. The van der Waals surface area contributed by atoms with Crippen LogP contribution in [-0.4, -0.2) is 16.8 Å². The van der Waals surface area contributed by atoms with E-state index in [1.165, 1.54) is 22.7 Å². The Labute approximate surface area is 147 Å². The smallest absolute Gasteiger partial charge is 0.267 e. The molecule has 3 rings (SSSR count). The Morgan fingerprint density at radius 3 is 2.50 bits per heavy atom. The zero-order chi connectivity index (χ0) is 17.1. The van der Waals surface area contributed by atoms with Gasteiger partial charge in [0.15, 0.2) is 5.13 Å². The van der Waals surface area contributed by atoms with Crippen molar-refractivity contribution in [2.75, 3.05) is 10.6 Å². The first-order valence-corrected chi connectivity index (χ1v) is 8.93. The molecule has 24 heavy (non-hydrogen) atoms. The van der Waals surface area contributed by atoms with E-state index < -0.39 is 0 Å². The summed E-state index contributed by atoms with van der Waals surface area (Å²) in [5, 5.41) is 7.87. The molecule has 2 N–H and O–H groups in total. The molecular formula is C17H15N3O2S2. The summed E-state index contributed by atoms with van der Waals surface area (Å²) in [6.07, 6.45) is 0. The van der Waals surface area contributed by atoms with Crippen LogP contribution in [0.25, 0.3) is 0 Å². The number of nitrogens with one attached hydrogen (secondary N) is 2. The molecular weight excluding hydrogens is 342 g/mol. The molecule has 2 aromatic heterocycles. The van der Waals surface area contributed by atoms with Gasteiger partial charge in [0.05, 0.1) is 10.6 Å². The first-order valence-electron chi connectivity index (χ1n) is 7.24. The van der Waals surface area contributed by atoms with Gasteiger partial charge < -0.3 is 5.32 Å². The van der Waals surface area contributed by atoms with Crippen molar-refractivity contribution >= 4 is 45.3 Å². The molecule has 0 spiro atoms. The van der Waals surface area contributed by atoms with E-state index in [4.69, 9.17) is 0 Å². The van der Waals surface area contributed by atoms with E-state index in [2.05, 4.69) is 15.6 Å². The van der Waals surface area contributed by atoms with Crippen molar-refractivity contribution in [1.29, 1.82) is 0 Å². The average Bonchev–Trinajstić information content (AvgIpc) is 3.19. The average molecular weight is 357 g/mol. The van der Waals surface area contributed by atoms with E-state index in [0.29, 0.717) is 20.6 Å². The van der Waals surface area contributed by atoms with Crippen LogP contribution in [0.2, 0.25) is 0 Å². The van der Waals surface area contributed by atoms with Crippen LogP contribution in [0.5, 0.6) is 0 Å². The van der Waals surface area contributed by atoms with Crippen LogP contribution in [0.1, 0.15) is 30.6 Å². The van der Waals surface area contributed by atoms with E-state index in [1.54, 1.807) is 13.0 Å². The molecule has 0 aliphatic rings. The van der Waals surface area contributed by atoms with Crippen LogP contribution in [0.3, 0.4) is 0 Å². The number of aromatic nitrogens is 1. The number of amides is 2. The van der Waals surface area contributed by atoms with Gasteiger partial charge in [-0.25, -0.2) is 4.98 Å². The Balaban J connectivity index is 1.75. The summed E-state index contributed by atoms with van der Waals surface area (Å²) in [4.78, 5) is 29.9. The number of nitrogens with zero attached hydrogens (tertiary/aromatic N) is 1. The fraction of sp³-hybridized carbons (Fsp3) is 0.118. The zero-order valence-electron chi connectivity index (χ0n) is 13.1. The minimum atomic E-state index is -0.226. The maximum atomic E-state index is 12.5. The van der Waals surface area contributed by atoms with Gasteiger partial charge in [0, 0.05) is 5.69 Å². The van der Waals surface area contributed by atoms with Crippen molar-refractivity contribution in [3.05, 3.63) is 62.8 Å². The minimum Gasteiger partial charge on any atom is -0.321 e. The number of thiophene rings is 1. The van der Waals surface area contributed by atoms with E-state index >= 15 is 0 Å². The highest BCUT2D eigenvalue weighted by molar-refractivity contribution is 7.18. The lowest BCUT2D eigenvalue weighted by Gasteiger charge is -2.06. The molecule has 7 heteroatoms. The summed E-state index contributed by atoms with van der Waals surface area (Å²) in [6, 6.07) is 11.1. The molecule has 0 saturated carbocycles. The highest BCUT2D eigenvalue weighted by atomic mass is 32.1. The summed E-state index contributed by atoms with van der Waals surface area (Å²) >= 11 is 2.52. The Morgan fingerprint density at radius 1 is 1.00 bits per heavy atom. The predicted octanol–water partition coefficient (Wildman–Crippen LogP) is 4.33. The monoisotopic (exact) mass is 357 g/mol. The van der Waals surface area contributed by atoms with Crippen molar-refractivity contribution < 1.29 is 9.59 Å². The third-order valence-corrected chi connectivity index (χ3v) is 5.30. The number of hydrogen-bond donors (Lipinski definition) is 2. The summed E-state index contributed by atoms with van der Waals surface area (Å²) < 4.78 is 0. The largest absolute Gasteiger partial charge is 0.321 e. The zero-order valence-corrected chi connectivity index (χ0v) is 14.8. The second-order valence-electron chi connectivity index (χ2n) is 5.13. The van der Waals surface area contributed by atoms with Crippen molar-refractivity contribution in [3.63, 3.8) is 0 Å². The van der Waals surface area contributed by atoms with Crippen LogP contribution in [0.15, 0.2) is 41.8 Å². The van der Waals surface area contributed by atoms with Crippen LogP contribution in [0, 0.1) is 13.8 Å². The Kier molecular flexibility index (Phi) is 4.73. The fourth-order valence-corrected chi connectivity index (χ4v) is 3.59. The van der Waals surface area contributed by atoms with Crippen LogP contribution in [0.4, 0.5) is 10.8 Å². The molecule has 0 radical (unpaired) electrons. The highest BCUT2D eigenvalue weighted by Crippen LogP contribution is 2.25. The second kappa shape index (κ2) is 6.94. The fourth-order valence-electron chi connectivity index (χ4n) is 2.12. The van der Waals surface area contributed by atoms with Gasteiger partial charge in [0.1, 0.15) is 4.88 Å².